The van der Waals surface area contributed by atoms with E-state index in [1.807, 2.05) is 0 Å². The molecule has 0 amide bonds. The number of hydrogen-bond donors (Lipinski definition) is 1. The molecule has 20 heavy (non-hydrogen) atoms. The fourth-order valence-corrected chi connectivity index (χ4v) is 2.02. The third-order valence-electron chi connectivity index (χ3n) is 3.07. The fourth-order valence-electron chi connectivity index (χ4n) is 2.02. The highest BCUT2D eigenvalue weighted by molar-refractivity contribution is 5.82. The first-order valence-corrected chi connectivity index (χ1v) is 6.57. The van der Waals surface area contributed by atoms with Gasteiger partial charge in [-0.25, -0.2) is 9.59 Å². The van der Waals surface area contributed by atoms with E-state index in [1.165, 1.54) is 6.08 Å². The third kappa shape index (κ3) is 3.68. The number of epoxide rings is 1. The summed E-state index contributed by atoms with van der Waals surface area (Å²) < 4.78 is 15.4. The molecule has 0 aliphatic carbocycles. The molecule has 2 aliphatic rings. The molecule has 0 aromatic carbocycles. The number of carbonyl (C=O) groups excluding carboxylic acids is 2. The molecule has 0 unspecified atom stereocenters. The number of fused-ring (bicyclic) bond motifs is 1. The van der Waals surface area contributed by atoms with Gasteiger partial charge in [0.15, 0.2) is 6.10 Å². The molecule has 110 valence electrons. The summed E-state index contributed by atoms with van der Waals surface area (Å²) in [5.74, 6) is -0.958. The smallest absolute Gasteiger partial charge is 0.338 e. The van der Waals surface area contributed by atoms with Crippen LogP contribution in [0.1, 0.15) is 20.3 Å². The largest absolute Gasteiger partial charge is 0.461 e. The minimum absolute atomic E-state index is 0.182. The summed E-state index contributed by atoms with van der Waals surface area (Å²) in [5.41, 5.74) is 0. The summed E-state index contributed by atoms with van der Waals surface area (Å²) in [5, 5.41) is 10.1. The third-order valence-corrected chi connectivity index (χ3v) is 3.07. The topological polar surface area (TPSA) is 85.4 Å². The van der Waals surface area contributed by atoms with Crippen LogP contribution in [0.15, 0.2) is 24.3 Å². The highest BCUT2D eigenvalue weighted by Gasteiger charge is 2.46. The second-order valence-corrected chi connectivity index (χ2v) is 4.86. The van der Waals surface area contributed by atoms with Gasteiger partial charge in [0.1, 0.15) is 18.3 Å². The molecule has 1 fully saturated rings. The number of hydrogen-bond acceptors (Lipinski definition) is 6. The summed E-state index contributed by atoms with van der Waals surface area (Å²) in [4.78, 5) is 23.0. The maximum Gasteiger partial charge on any atom is 0.338 e. The van der Waals surface area contributed by atoms with Crippen molar-refractivity contribution >= 4 is 11.9 Å². The minimum Gasteiger partial charge on any atom is -0.461 e. The molecular weight excluding hydrogens is 264 g/mol. The molecule has 0 aromatic rings. The number of rotatable bonds is 2. The van der Waals surface area contributed by atoms with Crippen molar-refractivity contribution in [2.45, 2.75) is 50.8 Å². The predicted octanol–water partition coefficient (Wildman–Crippen LogP) is 0.494. The van der Waals surface area contributed by atoms with Gasteiger partial charge in [-0.15, -0.1) is 0 Å². The molecule has 0 aromatic heterocycles. The second kappa shape index (κ2) is 6.19. The van der Waals surface area contributed by atoms with Gasteiger partial charge in [0, 0.05) is 12.5 Å². The molecule has 1 N–H and O–H groups in total. The Balaban J connectivity index is 2.09. The van der Waals surface area contributed by atoms with Crippen LogP contribution in [-0.2, 0) is 23.8 Å². The van der Waals surface area contributed by atoms with Gasteiger partial charge in [0.25, 0.3) is 0 Å². The fraction of sp³-hybridized carbons (Fsp3) is 0.571. The number of cyclic esters (lactones) is 1. The summed E-state index contributed by atoms with van der Waals surface area (Å²) in [7, 11) is 0. The summed E-state index contributed by atoms with van der Waals surface area (Å²) in [6.07, 6.45) is 3.02. The Morgan fingerprint density at radius 2 is 2.25 bits per heavy atom. The van der Waals surface area contributed by atoms with Crippen LogP contribution in [0.4, 0.5) is 0 Å². The minimum atomic E-state index is -0.946. The summed E-state index contributed by atoms with van der Waals surface area (Å²) >= 11 is 0. The molecule has 5 atom stereocenters. The van der Waals surface area contributed by atoms with Crippen LogP contribution in [0.5, 0.6) is 0 Å². The maximum absolute atomic E-state index is 11.6. The molecule has 2 aliphatic heterocycles. The van der Waals surface area contributed by atoms with Gasteiger partial charge in [-0.2, -0.15) is 0 Å². The average Bonchev–Trinajstić information content (AvgIpc) is 3.13. The van der Waals surface area contributed by atoms with Gasteiger partial charge in [0.2, 0.25) is 0 Å². The number of esters is 2. The normalized spacial score (nSPS) is 38.8. The monoisotopic (exact) mass is 282 g/mol. The lowest BCUT2D eigenvalue weighted by molar-refractivity contribution is -0.154. The van der Waals surface area contributed by atoms with E-state index in [9.17, 15) is 14.7 Å². The Kier molecular flexibility index (Phi) is 4.57. The number of allylic oxidation sites excluding steroid dienone is 1. The first-order valence-electron chi connectivity index (χ1n) is 6.57. The van der Waals surface area contributed by atoms with Gasteiger partial charge in [-0.05, 0) is 19.9 Å². The van der Waals surface area contributed by atoms with Crippen LogP contribution in [0.25, 0.3) is 0 Å². The van der Waals surface area contributed by atoms with E-state index in [-0.39, 0.29) is 12.5 Å². The van der Waals surface area contributed by atoms with E-state index in [2.05, 4.69) is 0 Å². The lowest BCUT2D eigenvalue weighted by Gasteiger charge is -2.23. The molecule has 2 heterocycles. The van der Waals surface area contributed by atoms with Crippen molar-refractivity contribution in [2.75, 3.05) is 0 Å². The molecule has 2 rings (SSSR count). The van der Waals surface area contributed by atoms with Gasteiger partial charge in [-0.3, -0.25) is 0 Å². The number of carbonyl (C=O) groups is 2. The molecule has 0 radical (unpaired) electrons. The van der Waals surface area contributed by atoms with Crippen molar-refractivity contribution in [1.29, 1.82) is 0 Å². The molecule has 0 spiro atoms. The second-order valence-electron chi connectivity index (χ2n) is 4.86. The standard InChI is InChI=1S/C14H18O6/c1-3-4-12(16)19-10-5-6-11-13(20-11)14(17)18-8(2)7-9(10)15/h3-6,8-11,13,15H,7H2,1-2H3/b4-3+,6-5+/t8-,9+,10+,11+,13+/m1/s1. The Bertz CT molecular complexity index is 441. The number of aliphatic hydroxyl groups is 1. The van der Waals surface area contributed by atoms with E-state index in [0.29, 0.717) is 0 Å². The molecule has 6 nitrogen and oxygen atoms in total. The zero-order valence-corrected chi connectivity index (χ0v) is 11.4. The van der Waals surface area contributed by atoms with Crippen LogP contribution < -0.4 is 0 Å². The first kappa shape index (κ1) is 14.7. The van der Waals surface area contributed by atoms with Gasteiger partial charge < -0.3 is 19.3 Å². The van der Waals surface area contributed by atoms with Crippen LogP contribution in [0.3, 0.4) is 0 Å². The van der Waals surface area contributed by atoms with Crippen molar-refractivity contribution in [3.63, 3.8) is 0 Å². The van der Waals surface area contributed by atoms with Gasteiger partial charge in [0.05, 0.1) is 6.10 Å². The molecule has 0 bridgehead atoms. The molecule has 1 saturated heterocycles. The highest BCUT2D eigenvalue weighted by atomic mass is 16.6. The van der Waals surface area contributed by atoms with Crippen LogP contribution in [0.2, 0.25) is 0 Å². The van der Waals surface area contributed by atoms with Gasteiger partial charge in [-0.1, -0.05) is 12.2 Å². The van der Waals surface area contributed by atoms with Gasteiger partial charge >= 0.3 is 11.9 Å². The van der Waals surface area contributed by atoms with Crippen molar-refractivity contribution in [3.8, 4) is 0 Å². The van der Waals surface area contributed by atoms with Crippen molar-refractivity contribution in [2.24, 2.45) is 0 Å². The Hall–Kier alpha value is -1.66. The van der Waals surface area contributed by atoms with E-state index in [4.69, 9.17) is 14.2 Å². The van der Waals surface area contributed by atoms with E-state index < -0.39 is 36.4 Å². The number of ether oxygens (including phenoxy) is 3. The zero-order valence-electron chi connectivity index (χ0n) is 11.4. The van der Waals surface area contributed by atoms with E-state index >= 15 is 0 Å². The summed E-state index contributed by atoms with van der Waals surface area (Å²) in [6.45, 7) is 3.37. The van der Waals surface area contributed by atoms with E-state index in [0.717, 1.165) is 0 Å². The SMILES string of the molecule is C/C=C/C(=O)O[C@H]1/C=C/[C@@H]2O[C@@H]2C(=O)O[C@H](C)C[C@@H]1O. The van der Waals surface area contributed by atoms with E-state index in [1.54, 1.807) is 32.1 Å². The van der Waals surface area contributed by atoms with Crippen molar-refractivity contribution in [1.82, 2.24) is 0 Å². The van der Waals surface area contributed by atoms with Crippen molar-refractivity contribution in [3.05, 3.63) is 24.3 Å². The molecular formula is C14H18O6. The Morgan fingerprint density at radius 3 is 2.95 bits per heavy atom. The highest BCUT2D eigenvalue weighted by Crippen LogP contribution is 2.27. The summed E-state index contributed by atoms with van der Waals surface area (Å²) in [6, 6.07) is 0. The Morgan fingerprint density at radius 1 is 1.50 bits per heavy atom. The lowest BCUT2D eigenvalue weighted by atomic mass is 10.1. The zero-order chi connectivity index (χ0) is 14.7. The quantitative estimate of drug-likeness (QED) is 0.343. The van der Waals surface area contributed by atoms with Crippen LogP contribution >= 0.6 is 0 Å². The lowest BCUT2D eigenvalue weighted by Crippen LogP contribution is -2.34. The molecule has 0 saturated carbocycles. The first-order chi connectivity index (χ1) is 9.51. The molecule has 6 heteroatoms. The maximum atomic E-state index is 11.6. The number of aliphatic hydroxyl groups excluding tert-OH is 1. The predicted molar refractivity (Wildman–Crippen MR) is 68.7 cm³/mol. The van der Waals surface area contributed by atoms with Crippen molar-refractivity contribution < 1.29 is 28.9 Å². The average molecular weight is 282 g/mol. The van der Waals surface area contributed by atoms with Crippen LogP contribution in [0, 0.1) is 0 Å². The van der Waals surface area contributed by atoms with Crippen LogP contribution in [-0.4, -0.2) is 47.6 Å². The Labute approximate surface area is 117 Å².